The Hall–Kier alpha value is -0.440. The number of carbonyl (C=O) groups excluding carboxylic acids is 1. The first kappa shape index (κ1) is 15.6. The second-order valence-electron chi connectivity index (χ2n) is 3.77. The average Bonchev–Trinajstić information content (AvgIpc) is 2.19. The fraction of sp³-hybridized carbons (Fsp3) is 0.300. The lowest BCUT2D eigenvalue weighted by Gasteiger charge is -2.13. The molecule has 0 saturated heterocycles. The van der Waals surface area contributed by atoms with Crippen molar-refractivity contribution in [2.24, 2.45) is 5.73 Å². The third-order valence-corrected chi connectivity index (χ3v) is 5.12. The van der Waals surface area contributed by atoms with Crippen molar-refractivity contribution in [3.05, 3.63) is 27.1 Å². The first-order valence-electron chi connectivity index (χ1n) is 4.98. The van der Waals surface area contributed by atoms with Crippen LogP contribution in [0.5, 0.6) is 0 Å². The van der Waals surface area contributed by atoms with E-state index in [1.807, 2.05) is 0 Å². The van der Waals surface area contributed by atoms with Crippen molar-refractivity contribution in [3.63, 3.8) is 0 Å². The molecule has 1 amide bonds. The van der Waals surface area contributed by atoms with E-state index < -0.39 is 22.0 Å². The van der Waals surface area contributed by atoms with Crippen LogP contribution in [0.15, 0.2) is 32.0 Å². The topological polar surface area (TPSA) is 89.3 Å². The highest BCUT2D eigenvalue weighted by molar-refractivity contribution is 9.11. The molecule has 0 radical (unpaired) electrons. The number of nitrogens with one attached hydrogen (secondary N) is 1. The van der Waals surface area contributed by atoms with Crippen LogP contribution in [-0.2, 0) is 14.8 Å². The molecule has 0 heterocycles. The van der Waals surface area contributed by atoms with Crippen LogP contribution >= 0.6 is 31.9 Å². The molecule has 1 aromatic rings. The van der Waals surface area contributed by atoms with Crippen LogP contribution in [0.4, 0.5) is 0 Å². The zero-order valence-corrected chi connectivity index (χ0v) is 13.5. The number of halogens is 2. The van der Waals surface area contributed by atoms with Crippen molar-refractivity contribution >= 4 is 47.8 Å². The van der Waals surface area contributed by atoms with E-state index in [0.29, 0.717) is 8.95 Å². The lowest BCUT2D eigenvalue weighted by molar-refractivity contribution is -0.118. The number of amides is 1. The van der Waals surface area contributed by atoms with E-state index in [0.717, 1.165) is 0 Å². The number of primary amides is 1. The van der Waals surface area contributed by atoms with E-state index in [1.165, 1.54) is 6.07 Å². The van der Waals surface area contributed by atoms with Gasteiger partial charge in [-0.1, -0.05) is 15.9 Å². The first-order valence-corrected chi connectivity index (χ1v) is 8.05. The van der Waals surface area contributed by atoms with E-state index in [9.17, 15) is 13.2 Å². The molecule has 0 spiro atoms. The summed E-state index contributed by atoms with van der Waals surface area (Å²) >= 11 is 6.38. The molecule has 5 nitrogen and oxygen atoms in total. The average molecular weight is 400 g/mol. The molecule has 0 bridgehead atoms. The number of carbonyl (C=O) groups is 1. The quantitative estimate of drug-likeness (QED) is 0.790. The third kappa shape index (κ3) is 4.34. The number of rotatable bonds is 5. The van der Waals surface area contributed by atoms with Gasteiger partial charge in [0.1, 0.15) is 0 Å². The molecule has 0 saturated carbocycles. The Kier molecular flexibility index (Phi) is 5.32. The van der Waals surface area contributed by atoms with Crippen molar-refractivity contribution in [1.82, 2.24) is 4.72 Å². The molecule has 0 aromatic heterocycles. The van der Waals surface area contributed by atoms with Crippen LogP contribution in [-0.4, -0.2) is 20.4 Å². The largest absolute Gasteiger partial charge is 0.370 e. The van der Waals surface area contributed by atoms with Gasteiger partial charge in [0.2, 0.25) is 15.9 Å². The molecule has 1 unspecified atom stereocenters. The van der Waals surface area contributed by atoms with Gasteiger partial charge in [0.05, 0.1) is 4.90 Å². The minimum atomic E-state index is -3.69. The number of hydrogen-bond acceptors (Lipinski definition) is 3. The molecule has 0 aliphatic carbocycles. The van der Waals surface area contributed by atoms with Gasteiger partial charge in [-0.25, -0.2) is 13.1 Å². The molecule has 0 fully saturated rings. The molecule has 1 atom stereocenters. The number of benzene rings is 1. The van der Waals surface area contributed by atoms with E-state index in [1.54, 1.807) is 19.1 Å². The maximum Gasteiger partial charge on any atom is 0.241 e. The van der Waals surface area contributed by atoms with E-state index in [-0.39, 0.29) is 11.3 Å². The van der Waals surface area contributed by atoms with Gasteiger partial charge in [-0.2, -0.15) is 0 Å². The second kappa shape index (κ2) is 6.14. The molecule has 8 heteroatoms. The van der Waals surface area contributed by atoms with E-state index in [4.69, 9.17) is 5.73 Å². The zero-order chi connectivity index (χ0) is 13.9. The summed E-state index contributed by atoms with van der Waals surface area (Å²) in [4.78, 5) is 10.8. The smallest absolute Gasteiger partial charge is 0.241 e. The SMILES string of the molecule is CC(CC(N)=O)NS(=O)(=O)c1cc(Br)ccc1Br. The monoisotopic (exact) mass is 398 g/mol. The molecular weight excluding hydrogens is 388 g/mol. The second-order valence-corrected chi connectivity index (χ2v) is 7.22. The van der Waals surface area contributed by atoms with Crippen LogP contribution in [0.1, 0.15) is 13.3 Å². The number of hydrogen-bond donors (Lipinski definition) is 2. The molecule has 18 heavy (non-hydrogen) atoms. The van der Waals surface area contributed by atoms with Crippen LogP contribution in [0.25, 0.3) is 0 Å². The standard InChI is InChI=1S/C10H12Br2N2O3S/c1-6(4-10(13)15)14-18(16,17)9-5-7(11)2-3-8(9)12/h2-3,5-6,14H,4H2,1H3,(H2,13,15). The Morgan fingerprint density at radius 2 is 2.06 bits per heavy atom. The number of nitrogens with two attached hydrogens (primary N) is 1. The fourth-order valence-corrected chi connectivity index (χ4v) is 4.10. The normalized spacial score (nSPS) is 13.3. The molecule has 1 rings (SSSR count). The lowest BCUT2D eigenvalue weighted by atomic mass is 10.2. The summed E-state index contributed by atoms with van der Waals surface area (Å²) in [6, 6.07) is 4.26. The molecule has 0 aliphatic rings. The maximum atomic E-state index is 12.1. The van der Waals surface area contributed by atoms with Gasteiger partial charge in [0, 0.05) is 21.4 Å². The van der Waals surface area contributed by atoms with Crippen molar-refractivity contribution in [3.8, 4) is 0 Å². The van der Waals surface area contributed by atoms with Crippen LogP contribution < -0.4 is 10.5 Å². The summed E-state index contributed by atoms with van der Waals surface area (Å²) < 4.78 is 27.7. The summed E-state index contributed by atoms with van der Waals surface area (Å²) in [5.41, 5.74) is 5.01. The predicted octanol–water partition coefficient (Wildman–Crippen LogP) is 1.75. The highest BCUT2D eigenvalue weighted by Gasteiger charge is 2.21. The summed E-state index contributed by atoms with van der Waals surface area (Å²) in [6.07, 6.45) is -0.0507. The first-order chi connectivity index (χ1) is 8.22. The van der Waals surface area contributed by atoms with Gasteiger partial charge in [-0.05, 0) is 41.1 Å². The van der Waals surface area contributed by atoms with Crippen molar-refractivity contribution in [2.45, 2.75) is 24.3 Å². The number of sulfonamides is 1. The van der Waals surface area contributed by atoms with Crippen molar-refractivity contribution in [1.29, 1.82) is 0 Å². The molecule has 0 aliphatic heterocycles. The van der Waals surface area contributed by atoms with Crippen molar-refractivity contribution in [2.75, 3.05) is 0 Å². The van der Waals surface area contributed by atoms with Crippen molar-refractivity contribution < 1.29 is 13.2 Å². The summed E-state index contributed by atoms with van der Waals surface area (Å²) in [5, 5.41) is 0. The Balaban J connectivity index is 2.99. The Morgan fingerprint density at radius 3 is 2.61 bits per heavy atom. The maximum absolute atomic E-state index is 12.1. The van der Waals surface area contributed by atoms with Crippen LogP contribution in [0.2, 0.25) is 0 Å². The van der Waals surface area contributed by atoms with Gasteiger partial charge in [-0.15, -0.1) is 0 Å². The summed E-state index contributed by atoms with van der Waals surface area (Å²) in [5.74, 6) is -0.557. The predicted molar refractivity (Wildman–Crippen MR) is 75.4 cm³/mol. The molecule has 100 valence electrons. The van der Waals surface area contributed by atoms with E-state index in [2.05, 4.69) is 36.6 Å². The highest BCUT2D eigenvalue weighted by Crippen LogP contribution is 2.25. The zero-order valence-electron chi connectivity index (χ0n) is 9.48. The van der Waals surface area contributed by atoms with Gasteiger partial charge in [-0.3, -0.25) is 4.79 Å². The fourth-order valence-electron chi connectivity index (χ4n) is 1.35. The van der Waals surface area contributed by atoms with Gasteiger partial charge >= 0.3 is 0 Å². The van der Waals surface area contributed by atoms with E-state index >= 15 is 0 Å². The van der Waals surface area contributed by atoms with Crippen LogP contribution in [0, 0.1) is 0 Å². The minimum absolute atomic E-state index is 0.0507. The van der Waals surface area contributed by atoms with Gasteiger partial charge < -0.3 is 5.73 Å². The Morgan fingerprint density at radius 1 is 1.44 bits per heavy atom. The van der Waals surface area contributed by atoms with Gasteiger partial charge in [0.25, 0.3) is 0 Å². The lowest BCUT2D eigenvalue weighted by Crippen LogP contribution is -2.35. The minimum Gasteiger partial charge on any atom is -0.370 e. The molecule has 3 N–H and O–H groups in total. The third-order valence-electron chi connectivity index (χ3n) is 2.05. The summed E-state index contributed by atoms with van der Waals surface area (Å²) in [6.45, 7) is 1.58. The summed E-state index contributed by atoms with van der Waals surface area (Å²) in [7, 11) is -3.69. The Labute approximate surface area is 122 Å². The molecule has 1 aromatic carbocycles. The molecular formula is C10H12Br2N2O3S. The van der Waals surface area contributed by atoms with Gasteiger partial charge in [0.15, 0.2) is 0 Å². The van der Waals surface area contributed by atoms with Crippen LogP contribution in [0.3, 0.4) is 0 Å². The Bertz CT molecular complexity index is 560. The highest BCUT2D eigenvalue weighted by atomic mass is 79.9.